The number of hydrogen-bond acceptors (Lipinski definition) is 5. The molecule has 2 rings (SSSR count). The highest BCUT2D eigenvalue weighted by molar-refractivity contribution is 7.98. The first-order valence-electron chi connectivity index (χ1n) is 7.38. The Morgan fingerprint density at radius 1 is 1.13 bits per heavy atom. The van der Waals surface area contributed by atoms with E-state index in [4.69, 9.17) is 23.4 Å². The van der Waals surface area contributed by atoms with Crippen molar-refractivity contribution < 1.29 is 33.6 Å². The van der Waals surface area contributed by atoms with Gasteiger partial charge in [0, 0.05) is 5.56 Å². The SMILES string of the molecule is Cc1ccc([C@H]2COCC[S+]2C[Si](C)(C)C)cc1.[O-][Cl+3]([O-])([O-])[O-]. The molecular formula is C15H25ClO5SSi. The maximum atomic E-state index is 8.49. The van der Waals surface area contributed by atoms with Crippen LogP contribution in [0.2, 0.25) is 19.6 Å². The van der Waals surface area contributed by atoms with Gasteiger partial charge in [0.25, 0.3) is 0 Å². The quantitative estimate of drug-likeness (QED) is 0.484. The van der Waals surface area contributed by atoms with Gasteiger partial charge in [-0.15, -0.1) is 10.2 Å². The van der Waals surface area contributed by atoms with Crippen molar-refractivity contribution >= 4 is 19.0 Å². The summed E-state index contributed by atoms with van der Waals surface area (Å²) in [6, 6.07) is 9.08. The number of rotatable bonds is 3. The number of aryl methyl sites for hydroxylation is 1. The zero-order chi connectivity index (χ0) is 17.7. The molecule has 8 heteroatoms. The summed E-state index contributed by atoms with van der Waals surface area (Å²) in [6.45, 7) is 11.5. The summed E-state index contributed by atoms with van der Waals surface area (Å²) in [5.74, 6) is 1.27. The van der Waals surface area contributed by atoms with Gasteiger partial charge in [0.05, 0.1) is 18.6 Å². The van der Waals surface area contributed by atoms with Crippen molar-refractivity contribution in [2.45, 2.75) is 31.8 Å². The van der Waals surface area contributed by atoms with Gasteiger partial charge in [-0.2, -0.15) is 0 Å². The Bertz CT molecular complexity index is 466. The molecule has 0 bridgehead atoms. The standard InChI is InChI=1S/C15H25OSSi.ClHO4/c1-13-5-7-14(8-6-13)15-11-16-9-10-17(15)12-18(2,3)4;2-1(3,4)5/h5-8,15H,9-12H2,1-4H3;(H,2,3,4,5)/q+1;/p-1/t15-,17?;/m1./s1. The summed E-state index contributed by atoms with van der Waals surface area (Å²) in [5, 5.41) is 2.10. The van der Waals surface area contributed by atoms with Gasteiger partial charge in [-0.25, -0.2) is 18.6 Å². The second-order valence-electron chi connectivity index (χ2n) is 6.80. The minimum Gasteiger partial charge on any atom is -0.371 e. The van der Waals surface area contributed by atoms with E-state index in [-0.39, 0.29) is 0 Å². The van der Waals surface area contributed by atoms with Crippen LogP contribution in [0.5, 0.6) is 0 Å². The molecule has 132 valence electrons. The maximum Gasteiger partial charge on any atom is 0.166 e. The Kier molecular flexibility index (Phi) is 8.02. The van der Waals surface area contributed by atoms with Gasteiger partial charge < -0.3 is 4.74 Å². The molecule has 0 radical (unpaired) electrons. The van der Waals surface area contributed by atoms with Crippen molar-refractivity contribution in [3.63, 3.8) is 0 Å². The molecule has 0 aromatic heterocycles. The molecule has 1 fully saturated rings. The predicted molar refractivity (Wildman–Crippen MR) is 85.2 cm³/mol. The highest BCUT2D eigenvalue weighted by Crippen LogP contribution is 2.30. The number of ether oxygens (including phenoxy) is 1. The van der Waals surface area contributed by atoms with Gasteiger partial charge in [0.1, 0.15) is 13.8 Å². The van der Waals surface area contributed by atoms with Crippen LogP contribution in [0, 0.1) is 17.2 Å². The second-order valence-corrected chi connectivity index (χ2v) is 15.9. The molecule has 23 heavy (non-hydrogen) atoms. The fraction of sp³-hybridized carbons (Fsp3) is 0.600. The van der Waals surface area contributed by atoms with Crippen molar-refractivity contribution in [2.24, 2.45) is 0 Å². The first-order valence-corrected chi connectivity index (χ1v) is 13.9. The van der Waals surface area contributed by atoms with Crippen LogP contribution in [0.25, 0.3) is 0 Å². The molecule has 0 spiro atoms. The molecule has 1 heterocycles. The normalized spacial score (nSPS) is 22.3. The van der Waals surface area contributed by atoms with Crippen LogP contribution in [-0.2, 0) is 15.6 Å². The predicted octanol–water partition coefficient (Wildman–Crippen LogP) is -1.19. The summed E-state index contributed by atoms with van der Waals surface area (Å²) in [7, 11) is -5.39. The van der Waals surface area contributed by atoms with E-state index >= 15 is 0 Å². The summed E-state index contributed by atoms with van der Waals surface area (Å²) >= 11 is 0. The first-order chi connectivity index (χ1) is 10.5. The van der Waals surface area contributed by atoms with E-state index in [2.05, 4.69) is 50.8 Å². The minimum atomic E-state index is -4.94. The van der Waals surface area contributed by atoms with E-state index in [9.17, 15) is 0 Å². The lowest BCUT2D eigenvalue weighted by Gasteiger charge is -2.28. The average Bonchev–Trinajstić information content (AvgIpc) is 2.37. The summed E-state index contributed by atoms with van der Waals surface area (Å²) in [6.07, 6.45) is 0. The fourth-order valence-corrected chi connectivity index (χ4v) is 9.67. The molecule has 0 amide bonds. The molecule has 1 aromatic rings. The van der Waals surface area contributed by atoms with Crippen LogP contribution < -0.4 is 18.6 Å². The Morgan fingerprint density at radius 2 is 1.65 bits per heavy atom. The molecule has 2 atom stereocenters. The van der Waals surface area contributed by atoms with Crippen molar-refractivity contribution in [2.75, 3.05) is 24.3 Å². The van der Waals surface area contributed by atoms with Gasteiger partial charge in [-0.3, -0.25) is 0 Å². The Hall–Kier alpha value is -0.123. The van der Waals surface area contributed by atoms with Crippen LogP contribution in [0.3, 0.4) is 0 Å². The van der Waals surface area contributed by atoms with E-state index in [1.165, 1.54) is 22.3 Å². The molecule has 0 aliphatic carbocycles. The summed E-state index contributed by atoms with van der Waals surface area (Å²) < 4.78 is 39.7. The number of hydrogen-bond donors (Lipinski definition) is 0. The van der Waals surface area contributed by atoms with Gasteiger partial charge in [-0.1, -0.05) is 49.5 Å². The van der Waals surface area contributed by atoms with Crippen molar-refractivity contribution in [1.82, 2.24) is 0 Å². The number of benzene rings is 1. The van der Waals surface area contributed by atoms with Crippen LogP contribution in [-0.4, -0.2) is 32.4 Å². The molecular weight excluding hydrogens is 356 g/mol. The second kappa shape index (κ2) is 8.82. The zero-order valence-corrected chi connectivity index (χ0v) is 16.6. The van der Waals surface area contributed by atoms with Gasteiger partial charge in [-0.05, 0) is 17.8 Å². The summed E-state index contributed by atoms with van der Waals surface area (Å²) in [5.41, 5.74) is 2.84. The molecule has 1 aromatic carbocycles. The molecule has 1 aliphatic rings. The van der Waals surface area contributed by atoms with Gasteiger partial charge in [0.15, 0.2) is 5.25 Å². The third kappa shape index (κ3) is 9.68. The average molecular weight is 381 g/mol. The summed E-state index contributed by atoms with van der Waals surface area (Å²) in [4.78, 5) is 0. The minimum absolute atomic E-state index is 0.527. The molecule has 1 aliphatic heterocycles. The Morgan fingerprint density at radius 3 is 2.13 bits per heavy atom. The largest absolute Gasteiger partial charge is 0.371 e. The third-order valence-corrected chi connectivity index (χ3v) is 10.1. The molecule has 0 N–H and O–H groups in total. The Balaban J connectivity index is 0.000000463. The lowest BCUT2D eigenvalue weighted by Crippen LogP contribution is -2.68. The van der Waals surface area contributed by atoms with Crippen LogP contribution in [0.15, 0.2) is 24.3 Å². The Labute approximate surface area is 144 Å². The lowest BCUT2D eigenvalue weighted by molar-refractivity contribution is -2.00. The van der Waals surface area contributed by atoms with Crippen LogP contribution in [0.4, 0.5) is 0 Å². The van der Waals surface area contributed by atoms with Crippen molar-refractivity contribution in [3.8, 4) is 0 Å². The molecule has 1 saturated heterocycles. The molecule has 0 saturated carbocycles. The number of halogens is 1. The van der Waals surface area contributed by atoms with Crippen molar-refractivity contribution in [1.29, 1.82) is 0 Å². The monoisotopic (exact) mass is 380 g/mol. The smallest absolute Gasteiger partial charge is 0.166 e. The van der Waals surface area contributed by atoms with E-state index in [0.717, 1.165) is 13.2 Å². The topological polar surface area (TPSA) is 101 Å². The van der Waals surface area contributed by atoms with E-state index in [0.29, 0.717) is 16.1 Å². The van der Waals surface area contributed by atoms with Gasteiger partial charge in [0.2, 0.25) is 0 Å². The van der Waals surface area contributed by atoms with E-state index in [1.54, 1.807) is 0 Å². The highest BCUT2D eigenvalue weighted by atomic mass is 35.7. The zero-order valence-electron chi connectivity index (χ0n) is 14.0. The molecule has 5 nitrogen and oxygen atoms in total. The van der Waals surface area contributed by atoms with Crippen molar-refractivity contribution in [3.05, 3.63) is 35.4 Å². The van der Waals surface area contributed by atoms with Crippen LogP contribution >= 0.6 is 0 Å². The highest BCUT2D eigenvalue weighted by Gasteiger charge is 2.39. The first kappa shape index (κ1) is 20.9. The lowest BCUT2D eigenvalue weighted by atomic mass is 10.1. The van der Waals surface area contributed by atoms with Gasteiger partial charge >= 0.3 is 0 Å². The van der Waals surface area contributed by atoms with E-state index < -0.39 is 18.3 Å². The maximum absolute atomic E-state index is 8.49. The fourth-order valence-electron chi connectivity index (χ4n) is 2.39. The van der Waals surface area contributed by atoms with Crippen LogP contribution in [0.1, 0.15) is 16.4 Å². The molecule has 1 unspecified atom stereocenters. The van der Waals surface area contributed by atoms with E-state index in [1.807, 2.05) is 0 Å². The third-order valence-electron chi connectivity index (χ3n) is 3.23.